The Morgan fingerprint density at radius 2 is 1.76 bits per heavy atom. The fraction of sp³-hybridized carbons (Fsp3) is 0.846. The molecule has 96 valence electrons. The molecule has 2 rings (SSSR count). The summed E-state index contributed by atoms with van der Waals surface area (Å²) in [6.45, 7) is 3.76. The van der Waals surface area contributed by atoms with Crippen molar-refractivity contribution in [1.29, 1.82) is 0 Å². The van der Waals surface area contributed by atoms with Crippen LogP contribution in [0, 0.1) is 23.7 Å². The molecule has 0 aliphatic heterocycles. The Morgan fingerprint density at radius 3 is 2.24 bits per heavy atom. The maximum absolute atomic E-state index is 12.1. The second-order valence-electron chi connectivity index (χ2n) is 5.66. The van der Waals surface area contributed by atoms with Gasteiger partial charge < -0.3 is 10.1 Å². The van der Waals surface area contributed by atoms with Gasteiger partial charge in [-0.15, -0.1) is 0 Å². The van der Waals surface area contributed by atoms with Crippen LogP contribution in [0.5, 0.6) is 0 Å². The number of alkyl carbamates (subject to hydrolysis) is 1. The highest BCUT2D eigenvalue weighted by Crippen LogP contribution is 2.55. The third-order valence-corrected chi connectivity index (χ3v) is 4.09. The fourth-order valence-corrected chi connectivity index (χ4v) is 3.00. The monoisotopic (exact) mass is 239 g/mol. The van der Waals surface area contributed by atoms with Gasteiger partial charge >= 0.3 is 6.09 Å². The van der Waals surface area contributed by atoms with Gasteiger partial charge in [0, 0.05) is 5.92 Å². The molecule has 0 spiro atoms. The van der Waals surface area contributed by atoms with E-state index in [1.54, 1.807) is 0 Å². The number of methoxy groups -OCH3 is 1. The minimum Gasteiger partial charge on any atom is -0.453 e. The Hall–Kier alpha value is -1.06. The van der Waals surface area contributed by atoms with Crippen molar-refractivity contribution in [2.75, 3.05) is 7.11 Å². The van der Waals surface area contributed by atoms with Gasteiger partial charge in [-0.3, -0.25) is 4.79 Å². The number of carbonyl (C=O) groups is 2. The molecule has 0 aromatic heterocycles. The SMILES string of the molecule is COC(=O)NC(C(=O)C(C)C)[C@@H]1C[C@@H]2C[C@@H]2C1. The Balaban J connectivity index is 2.01. The molecule has 0 heterocycles. The van der Waals surface area contributed by atoms with E-state index in [0.29, 0.717) is 5.92 Å². The molecule has 2 aliphatic carbocycles. The lowest BCUT2D eigenvalue weighted by atomic mass is 9.87. The number of fused-ring (bicyclic) bond motifs is 1. The Labute approximate surface area is 102 Å². The first kappa shape index (κ1) is 12.4. The van der Waals surface area contributed by atoms with Crippen LogP contribution in [0.2, 0.25) is 0 Å². The van der Waals surface area contributed by atoms with E-state index in [1.165, 1.54) is 13.5 Å². The van der Waals surface area contributed by atoms with Crippen LogP contribution in [-0.2, 0) is 9.53 Å². The van der Waals surface area contributed by atoms with Crippen LogP contribution < -0.4 is 5.32 Å². The smallest absolute Gasteiger partial charge is 0.407 e. The van der Waals surface area contributed by atoms with E-state index in [-0.39, 0.29) is 17.7 Å². The first-order chi connectivity index (χ1) is 8.02. The van der Waals surface area contributed by atoms with E-state index in [0.717, 1.165) is 24.7 Å². The number of hydrogen-bond donors (Lipinski definition) is 1. The van der Waals surface area contributed by atoms with Crippen molar-refractivity contribution in [3.05, 3.63) is 0 Å². The van der Waals surface area contributed by atoms with Gasteiger partial charge in [-0.1, -0.05) is 13.8 Å². The molecule has 2 aliphatic rings. The van der Waals surface area contributed by atoms with Crippen LogP contribution in [0.15, 0.2) is 0 Å². The van der Waals surface area contributed by atoms with Crippen molar-refractivity contribution in [2.24, 2.45) is 23.7 Å². The maximum atomic E-state index is 12.1. The molecule has 0 radical (unpaired) electrons. The summed E-state index contributed by atoms with van der Waals surface area (Å²) in [5, 5.41) is 2.72. The van der Waals surface area contributed by atoms with E-state index >= 15 is 0 Å². The summed E-state index contributed by atoms with van der Waals surface area (Å²) < 4.78 is 4.61. The largest absolute Gasteiger partial charge is 0.453 e. The van der Waals surface area contributed by atoms with E-state index in [4.69, 9.17) is 0 Å². The molecule has 4 heteroatoms. The van der Waals surface area contributed by atoms with Crippen molar-refractivity contribution in [3.8, 4) is 0 Å². The van der Waals surface area contributed by atoms with Gasteiger partial charge in [0.2, 0.25) is 0 Å². The van der Waals surface area contributed by atoms with Crippen LogP contribution >= 0.6 is 0 Å². The molecular formula is C13H21NO3. The molecule has 0 aromatic rings. The quantitative estimate of drug-likeness (QED) is 0.816. The number of Topliss-reactive ketones (excluding diaryl/α,β-unsaturated/α-hetero) is 1. The molecule has 1 unspecified atom stereocenters. The normalized spacial score (nSPS) is 31.9. The summed E-state index contributed by atoms with van der Waals surface area (Å²) >= 11 is 0. The number of hydrogen-bond acceptors (Lipinski definition) is 3. The van der Waals surface area contributed by atoms with E-state index in [9.17, 15) is 9.59 Å². The first-order valence-corrected chi connectivity index (χ1v) is 6.41. The third kappa shape index (κ3) is 2.61. The summed E-state index contributed by atoms with van der Waals surface area (Å²) in [7, 11) is 1.33. The number of ketones is 1. The van der Waals surface area contributed by atoms with Crippen molar-refractivity contribution in [2.45, 2.75) is 39.2 Å². The molecule has 1 N–H and O–H groups in total. The minimum absolute atomic E-state index is 0.0471. The summed E-state index contributed by atoms with van der Waals surface area (Å²) in [4.78, 5) is 23.4. The number of rotatable bonds is 4. The Bertz CT molecular complexity index is 317. The van der Waals surface area contributed by atoms with Crippen LogP contribution in [0.25, 0.3) is 0 Å². The van der Waals surface area contributed by atoms with Crippen molar-refractivity contribution >= 4 is 11.9 Å². The molecule has 4 atom stereocenters. The lowest BCUT2D eigenvalue weighted by Gasteiger charge is -2.25. The second-order valence-corrected chi connectivity index (χ2v) is 5.66. The van der Waals surface area contributed by atoms with Crippen LogP contribution in [0.4, 0.5) is 4.79 Å². The predicted octanol–water partition coefficient (Wildman–Crippen LogP) is 1.98. The zero-order chi connectivity index (χ0) is 12.6. The summed E-state index contributed by atoms with van der Waals surface area (Å²) in [5.41, 5.74) is 0. The second kappa shape index (κ2) is 4.67. The van der Waals surface area contributed by atoms with Gasteiger partial charge in [0.05, 0.1) is 13.2 Å². The predicted molar refractivity (Wildman–Crippen MR) is 63.5 cm³/mol. The minimum atomic E-state index is -0.496. The van der Waals surface area contributed by atoms with E-state index in [2.05, 4.69) is 10.1 Å². The lowest BCUT2D eigenvalue weighted by Crippen LogP contribution is -2.47. The van der Waals surface area contributed by atoms with Crippen molar-refractivity contribution in [3.63, 3.8) is 0 Å². The fourth-order valence-electron chi connectivity index (χ4n) is 3.00. The number of carbonyl (C=O) groups excluding carboxylic acids is 2. The molecule has 4 nitrogen and oxygen atoms in total. The average Bonchev–Trinajstić information content (AvgIpc) is 2.91. The average molecular weight is 239 g/mol. The molecule has 1 amide bonds. The maximum Gasteiger partial charge on any atom is 0.407 e. The molecule has 0 aromatic carbocycles. The zero-order valence-corrected chi connectivity index (χ0v) is 10.7. The summed E-state index contributed by atoms with van der Waals surface area (Å²) in [6, 6.07) is -0.352. The first-order valence-electron chi connectivity index (χ1n) is 6.41. The van der Waals surface area contributed by atoms with Crippen LogP contribution in [0.3, 0.4) is 0 Å². The number of ether oxygens (including phenoxy) is 1. The number of nitrogens with one attached hydrogen (secondary N) is 1. The van der Waals surface area contributed by atoms with Gasteiger partial charge in [0.25, 0.3) is 0 Å². The van der Waals surface area contributed by atoms with Gasteiger partial charge in [-0.05, 0) is 37.0 Å². The molecule has 0 bridgehead atoms. The highest BCUT2D eigenvalue weighted by atomic mass is 16.5. The van der Waals surface area contributed by atoms with E-state index < -0.39 is 6.09 Å². The molecule has 0 saturated heterocycles. The van der Waals surface area contributed by atoms with Crippen LogP contribution in [-0.4, -0.2) is 25.0 Å². The molecule has 17 heavy (non-hydrogen) atoms. The third-order valence-electron chi connectivity index (χ3n) is 4.09. The summed E-state index contributed by atoms with van der Waals surface area (Å²) in [6.07, 6.45) is 2.98. The van der Waals surface area contributed by atoms with Gasteiger partial charge in [0.15, 0.2) is 5.78 Å². The molecule has 2 fully saturated rings. The highest BCUT2D eigenvalue weighted by Gasteiger charge is 2.49. The molecule has 2 saturated carbocycles. The van der Waals surface area contributed by atoms with Gasteiger partial charge in [-0.25, -0.2) is 4.79 Å². The Kier molecular flexibility index (Phi) is 3.40. The summed E-state index contributed by atoms with van der Waals surface area (Å²) in [5.74, 6) is 2.01. The number of amides is 1. The highest BCUT2D eigenvalue weighted by molar-refractivity contribution is 5.89. The zero-order valence-electron chi connectivity index (χ0n) is 10.7. The lowest BCUT2D eigenvalue weighted by molar-refractivity contribution is -0.125. The molecular weight excluding hydrogens is 218 g/mol. The van der Waals surface area contributed by atoms with E-state index in [1.807, 2.05) is 13.8 Å². The topological polar surface area (TPSA) is 55.4 Å². The van der Waals surface area contributed by atoms with Gasteiger partial charge in [0.1, 0.15) is 0 Å². The standard InChI is InChI=1S/C13H21NO3/c1-7(2)12(15)11(14-13(16)17-3)10-5-8-4-9(8)6-10/h7-11H,4-6H2,1-3H3,(H,14,16)/t8-,9+,10+,11?. The van der Waals surface area contributed by atoms with Crippen molar-refractivity contribution < 1.29 is 14.3 Å². The Morgan fingerprint density at radius 1 is 1.18 bits per heavy atom. The van der Waals surface area contributed by atoms with Gasteiger partial charge in [-0.2, -0.15) is 0 Å². The van der Waals surface area contributed by atoms with Crippen LogP contribution in [0.1, 0.15) is 33.1 Å². The van der Waals surface area contributed by atoms with Crippen molar-refractivity contribution in [1.82, 2.24) is 5.32 Å².